The molecule has 7 heteroatoms. The van der Waals surface area contributed by atoms with E-state index in [0.29, 0.717) is 11.3 Å². The fourth-order valence-corrected chi connectivity index (χ4v) is 2.36. The van der Waals surface area contributed by atoms with Crippen LogP contribution in [0.2, 0.25) is 0 Å². The molecule has 3 rings (SSSR count). The van der Waals surface area contributed by atoms with E-state index in [2.05, 4.69) is 10.3 Å². The van der Waals surface area contributed by atoms with E-state index in [1.165, 1.54) is 18.2 Å². The lowest BCUT2D eigenvalue weighted by atomic mass is 10.2. The van der Waals surface area contributed by atoms with E-state index in [-0.39, 0.29) is 11.6 Å². The van der Waals surface area contributed by atoms with Gasteiger partial charge in [0.1, 0.15) is 5.82 Å². The number of imidazole rings is 1. The minimum atomic E-state index is -0.502. The van der Waals surface area contributed by atoms with Crippen LogP contribution in [0.5, 0.6) is 0 Å². The van der Waals surface area contributed by atoms with Crippen LogP contribution >= 0.6 is 0 Å². The molecule has 0 radical (unpaired) electrons. The maximum absolute atomic E-state index is 12.3. The normalized spacial score (nSPS) is 10.7. The topological polar surface area (TPSA) is 90.1 Å². The van der Waals surface area contributed by atoms with Gasteiger partial charge in [-0.25, -0.2) is 4.98 Å². The summed E-state index contributed by atoms with van der Waals surface area (Å²) in [4.78, 5) is 27.0. The van der Waals surface area contributed by atoms with Crippen molar-refractivity contribution in [1.82, 2.24) is 9.55 Å². The fraction of sp³-hybridized carbons (Fsp3) is 0.125. The summed E-state index contributed by atoms with van der Waals surface area (Å²) in [5.41, 5.74) is 2.42. The number of amides is 1. The van der Waals surface area contributed by atoms with Crippen molar-refractivity contribution in [1.29, 1.82) is 0 Å². The van der Waals surface area contributed by atoms with E-state index in [0.717, 1.165) is 16.9 Å². The molecule has 116 valence electrons. The Kier molecular flexibility index (Phi) is 3.53. The predicted octanol–water partition coefficient (Wildman–Crippen LogP) is 3.04. The Hall–Kier alpha value is -3.22. The summed E-state index contributed by atoms with van der Waals surface area (Å²) in [5.74, 6) is 0.520. The Morgan fingerprint density at radius 2 is 2.04 bits per heavy atom. The third kappa shape index (κ3) is 2.76. The first-order valence-electron chi connectivity index (χ1n) is 6.94. The minimum absolute atomic E-state index is 0.0707. The number of anilines is 1. The lowest BCUT2D eigenvalue weighted by Gasteiger charge is -2.05. The van der Waals surface area contributed by atoms with Crippen molar-refractivity contribution in [2.45, 2.75) is 6.92 Å². The molecular formula is C16H14N4O3. The van der Waals surface area contributed by atoms with Crippen LogP contribution in [0, 0.1) is 17.0 Å². The molecule has 0 bridgehead atoms. The number of nitrogens with one attached hydrogen (secondary N) is 1. The molecule has 23 heavy (non-hydrogen) atoms. The van der Waals surface area contributed by atoms with Crippen LogP contribution in [0.3, 0.4) is 0 Å². The number of carbonyl (C=O) groups is 1. The number of non-ortho nitro benzene ring substituents is 1. The van der Waals surface area contributed by atoms with Gasteiger partial charge in [-0.05, 0) is 31.2 Å². The van der Waals surface area contributed by atoms with E-state index >= 15 is 0 Å². The van der Waals surface area contributed by atoms with Gasteiger partial charge in [0, 0.05) is 30.4 Å². The van der Waals surface area contributed by atoms with Gasteiger partial charge in [-0.3, -0.25) is 14.9 Å². The number of hydrogen-bond donors (Lipinski definition) is 1. The number of nitro benzene ring substituents is 1. The van der Waals surface area contributed by atoms with E-state index < -0.39 is 4.92 Å². The number of carbonyl (C=O) groups excluding carboxylic acids is 1. The first kappa shape index (κ1) is 14.7. The van der Waals surface area contributed by atoms with Crippen LogP contribution in [0.4, 0.5) is 11.4 Å². The minimum Gasteiger partial charge on any atom is -0.331 e. The average molecular weight is 310 g/mol. The largest absolute Gasteiger partial charge is 0.331 e. The molecule has 0 saturated heterocycles. The van der Waals surface area contributed by atoms with Crippen molar-refractivity contribution < 1.29 is 9.72 Å². The molecule has 1 amide bonds. The van der Waals surface area contributed by atoms with Gasteiger partial charge in [-0.15, -0.1) is 0 Å². The zero-order valence-electron chi connectivity index (χ0n) is 12.6. The average Bonchev–Trinajstić information content (AvgIpc) is 2.81. The molecule has 1 heterocycles. The molecular weight excluding hydrogens is 296 g/mol. The van der Waals surface area contributed by atoms with Gasteiger partial charge in [0.2, 0.25) is 0 Å². The monoisotopic (exact) mass is 310 g/mol. The highest BCUT2D eigenvalue weighted by Crippen LogP contribution is 2.20. The number of rotatable bonds is 3. The van der Waals surface area contributed by atoms with Gasteiger partial charge < -0.3 is 9.88 Å². The van der Waals surface area contributed by atoms with Gasteiger partial charge >= 0.3 is 0 Å². The quantitative estimate of drug-likeness (QED) is 0.594. The number of aryl methyl sites for hydroxylation is 2. The number of nitrogens with zero attached hydrogens (tertiary/aromatic N) is 3. The van der Waals surface area contributed by atoms with E-state index in [1.54, 1.807) is 18.2 Å². The highest BCUT2D eigenvalue weighted by Gasteiger charge is 2.12. The predicted molar refractivity (Wildman–Crippen MR) is 86.5 cm³/mol. The number of aromatic nitrogens is 2. The van der Waals surface area contributed by atoms with Crippen molar-refractivity contribution in [2.75, 3.05) is 5.32 Å². The molecule has 0 atom stereocenters. The van der Waals surface area contributed by atoms with Gasteiger partial charge in [0.25, 0.3) is 11.6 Å². The van der Waals surface area contributed by atoms with Crippen LogP contribution in [0.1, 0.15) is 16.2 Å². The highest BCUT2D eigenvalue weighted by molar-refractivity contribution is 6.06. The van der Waals surface area contributed by atoms with E-state index in [1.807, 2.05) is 24.6 Å². The third-order valence-corrected chi connectivity index (χ3v) is 3.68. The number of fused-ring (bicyclic) bond motifs is 1. The Labute approximate surface area is 131 Å². The van der Waals surface area contributed by atoms with Crippen molar-refractivity contribution >= 4 is 28.3 Å². The Morgan fingerprint density at radius 1 is 1.26 bits per heavy atom. The maximum atomic E-state index is 12.3. The Morgan fingerprint density at radius 3 is 2.78 bits per heavy atom. The summed E-state index contributed by atoms with van der Waals surface area (Å²) in [7, 11) is 1.91. The summed E-state index contributed by atoms with van der Waals surface area (Å²) in [6.45, 7) is 1.89. The molecule has 2 aromatic carbocycles. The highest BCUT2D eigenvalue weighted by atomic mass is 16.6. The van der Waals surface area contributed by atoms with Crippen molar-refractivity contribution in [3.8, 4) is 0 Å². The first-order chi connectivity index (χ1) is 11.0. The maximum Gasteiger partial charge on any atom is 0.271 e. The third-order valence-electron chi connectivity index (χ3n) is 3.68. The van der Waals surface area contributed by atoms with Crippen LogP contribution in [0.25, 0.3) is 11.0 Å². The van der Waals surface area contributed by atoms with Crippen molar-refractivity contribution in [2.24, 2.45) is 7.05 Å². The second-order valence-electron chi connectivity index (χ2n) is 5.18. The number of hydrogen-bond acceptors (Lipinski definition) is 4. The lowest BCUT2D eigenvalue weighted by Crippen LogP contribution is -2.11. The van der Waals surface area contributed by atoms with Gasteiger partial charge in [-0.2, -0.15) is 0 Å². The van der Waals surface area contributed by atoms with Crippen molar-refractivity contribution in [3.05, 3.63) is 64.0 Å². The van der Waals surface area contributed by atoms with Crippen LogP contribution in [0.15, 0.2) is 42.5 Å². The fourth-order valence-electron chi connectivity index (χ4n) is 2.36. The summed E-state index contributed by atoms with van der Waals surface area (Å²) in [5, 5.41) is 13.4. The second kappa shape index (κ2) is 5.53. The van der Waals surface area contributed by atoms with Gasteiger partial charge in [0.15, 0.2) is 0 Å². The molecule has 0 aliphatic carbocycles. The molecule has 3 aromatic rings. The molecule has 0 aliphatic heterocycles. The summed E-state index contributed by atoms with van der Waals surface area (Å²) < 4.78 is 1.94. The summed E-state index contributed by atoms with van der Waals surface area (Å²) in [6.07, 6.45) is 0. The van der Waals surface area contributed by atoms with Crippen LogP contribution in [-0.4, -0.2) is 20.4 Å². The standard InChI is InChI=1S/C16H14N4O3/c1-10-17-14-8-11(6-7-15(14)19(10)2)16(21)18-12-4-3-5-13(9-12)20(22)23/h3-9H,1-2H3,(H,18,21). The lowest BCUT2D eigenvalue weighted by molar-refractivity contribution is -0.384. The van der Waals surface area contributed by atoms with Crippen LogP contribution in [-0.2, 0) is 7.05 Å². The van der Waals surface area contributed by atoms with Crippen LogP contribution < -0.4 is 5.32 Å². The zero-order valence-corrected chi connectivity index (χ0v) is 12.6. The number of nitro groups is 1. The number of benzene rings is 2. The summed E-state index contributed by atoms with van der Waals surface area (Å²) in [6, 6.07) is 11.1. The van der Waals surface area contributed by atoms with Gasteiger partial charge in [-0.1, -0.05) is 6.07 Å². The smallest absolute Gasteiger partial charge is 0.271 e. The SMILES string of the molecule is Cc1nc2cc(C(=O)Nc3cccc([N+](=O)[O-])c3)ccc2n1C. The second-order valence-corrected chi connectivity index (χ2v) is 5.18. The molecule has 1 N–H and O–H groups in total. The first-order valence-corrected chi connectivity index (χ1v) is 6.94. The molecule has 0 spiro atoms. The van der Waals surface area contributed by atoms with Crippen molar-refractivity contribution in [3.63, 3.8) is 0 Å². The Balaban J connectivity index is 1.88. The Bertz CT molecular complexity index is 930. The van der Waals surface area contributed by atoms with E-state index in [4.69, 9.17) is 0 Å². The van der Waals surface area contributed by atoms with E-state index in [9.17, 15) is 14.9 Å². The van der Waals surface area contributed by atoms with Gasteiger partial charge in [0.05, 0.1) is 16.0 Å². The zero-order chi connectivity index (χ0) is 16.6. The molecule has 0 aliphatic rings. The molecule has 1 aromatic heterocycles. The summed E-state index contributed by atoms with van der Waals surface area (Å²) >= 11 is 0. The molecule has 7 nitrogen and oxygen atoms in total. The molecule has 0 fully saturated rings. The molecule has 0 unspecified atom stereocenters. The molecule has 0 saturated carbocycles.